The number of aliphatic hydroxyl groups is 1. The van der Waals surface area contributed by atoms with Gasteiger partial charge in [0.2, 0.25) is 0 Å². The Morgan fingerprint density at radius 1 is 0.471 bits per heavy atom. The first-order chi connectivity index (χ1) is 16.5. The third-order valence-electron chi connectivity index (χ3n) is 7.10. The summed E-state index contributed by atoms with van der Waals surface area (Å²) in [7, 11) is -3.95. The minimum Gasteiger partial charge on any atom is -0.393 e. The first-order valence-electron chi connectivity index (χ1n) is 15.1. The van der Waals surface area contributed by atoms with Gasteiger partial charge in [-0.1, -0.05) is 161 Å². The van der Waals surface area contributed by atoms with Crippen LogP contribution in [0.25, 0.3) is 0 Å². The van der Waals surface area contributed by atoms with Crippen molar-refractivity contribution in [3.8, 4) is 0 Å². The Hall–Kier alpha value is -0.130. The molecule has 0 bridgehead atoms. The molecule has 0 aromatic heterocycles. The molecule has 2 N–H and O–H groups in total. The van der Waals surface area contributed by atoms with Crippen molar-refractivity contribution in [2.24, 2.45) is 0 Å². The molecule has 1 unspecified atom stereocenters. The van der Waals surface area contributed by atoms with E-state index in [0.29, 0.717) is 6.42 Å². The SMILES string of the molecule is CCCCCCCCCCCCCCCCCCCCCCCCCCC(O)CCS(=O)(=O)O. The van der Waals surface area contributed by atoms with E-state index in [1.165, 1.54) is 141 Å². The van der Waals surface area contributed by atoms with Crippen molar-refractivity contribution < 1.29 is 18.1 Å². The van der Waals surface area contributed by atoms with Crippen LogP contribution in [0.4, 0.5) is 0 Å². The van der Waals surface area contributed by atoms with Gasteiger partial charge in [-0.25, -0.2) is 0 Å². The second-order valence-corrected chi connectivity index (χ2v) is 12.2. The molecule has 0 amide bonds. The van der Waals surface area contributed by atoms with E-state index in [-0.39, 0.29) is 12.2 Å². The zero-order valence-electron chi connectivity index (χ0n) is 22.8. The summed E-state index contributed by atoms with van der Waals surface area (Å²) in [5.41, 5.74) is 0. The molecule has 0 heterocycles. The molecule has 0 saturated carbocycles. The second kappa shape index (κ2) is 25.9. The first kappa shape index (κ1) is 33.9. The number of aliphatic hydroxyl groups excluding tert-OH is 1. The molecule has 0 aliphatic rings. The van der Waals surface area contributed by atoms with E-state index in [0.717, 1.165) is 12.8 Å². The van der Waals surface area contributed by atoms with Crippen molar-refractivity contribution in [2.75, 3.05) is 5.75 Å². The quantitative estimate of drug-likeness (QED) is 0.0821. The zero-order chi connectivity index (χ0) is 25.2. The largest absolute Gasteiger partial charge is 0.393 e. The molecule has 0 spiro atoms. The summed E-state index contributed by atoms with van der Waals surface area (Å²) < 4.78 is 30.0. The van der Waals surface area contributed by atoms with Crippen LogP contribution in [-0.2, 0) is 10.1 Å². The monoisotopic (exact) mass is 504 g/mol. The lowest BCUT2D eigenvalue weighted by Crippen LogP contribution is -2.14. The van der Waals surface area contributed by atoms with Crippen molar-refractivity contribution in [1.29, 1.82) is 0 Å². The lowest BCUT2D eigenvalue weighted by Gasteiger charge is -2.09. The van der Waals surface area contributed by atoms with E-state index in [2.05, 4.69) is 6.92 Å². The molecular weight excluding hydrogens is 444 g/mol. The van der Waals surface area contributed by atoms with Crippen molar-refractivity contribution >= 4 is 10.1 Å². The van der Waals surface area contributed by atoms with Gasteiger partial charge in [-0.05, 0) is 12.8 Å². The van der Waals surface area contributed by atoms with Gasteiger partial charge in [0, 0.05) is 0 Å². The van der Waals surface area contributed by atoms with Gasteiger partial charge < -0.3 is 5.11 Å². The van der Waals surface area contributed by atoms with Gasteiger partial charge in [-0.3, -0.25) is 4.55 Å². The Balaban J connectivity index is 3.11. The van der Waals surface area contributed by atoms with Crippen LogP contribution in [-0.4, -0.2) is 29.9 Å². The molecule has 0 saturated heterocycles. The van der Waals surface area contributed by atoms with Gasteiger partial charge in [0.05, 0.1) is 11.9 Å². The maximum atomic E-state index is 10.7. The van der Waals surface area contributed by atoms with Crippen LogP contribution < -0.4 is 0 Å². The topological polar surface area (TPSA) is 74.6 Å². The number of rotatable bonds is 28. The van der Waals surface area contributed by atoms with Crippen LogP contribution in [0.1, 0.15) is 174 Å². The van der Waals surface area contributed by atoms with Crippen LogP contribution in [0.2, 0.25) is 0 Å². The molecular formula is C29H60O4S. The summed E-state index contributed by atoms with van der Waals surface area (Å²) in [4.78, 5) is 0. The summed E-state index contributed by atoms with van der Waals surface area (Å²) in [5, 5.41) is 9.71. The normalized spacial score (nSPS) is 12.9. The molecule has 34 heavy (non-hydrogen) atoms. The third-order valence-corrected chi connectivity index (χ3v) is 7.85. The second-order valence-electron chi connectivity index (χ2n) is 10.6. The predicted molar refractivity (Wildman–Crippen MR) is 148 cm³/mol. The highest BCUT2D eigenvalue weighted by Crippen LogP contribution is 2.16. The Morgan fingerprint density at radius 2 is 0.735 bits per heavy atom. The van der Waals surface area contributed by atoms with E-state index in [1.807, 2.05) is 0 Å². The van der Waals surface area contributed by atoms with E-state index >= 15 is 0 Å². The molecule has 0 aliphatic carbocycles. The number of unbranched alkanes of at least 4 members (excludes halogenated alkanes) is 23. The van der Waals surface area contributed by atoms with E-state index in [1.54, 1.807) is 0 Å². The average molecular weight is 505 g/mol. The van der Waals surface area contributed by atoms with Gasteiger partial charge in [-0.2, -0.15) is 8.42 Å². The lowest BCUT2D eigenvalue weighted by molar-refractivity contribution is 0.156. The molecule has 206 valence electrons. The van der Waals surface area contributed by atoms with Crippen LogP contribution in [0, 0.1) is 0 Å². The zero-order valence-corrected chi connectivity index (χ0v) is 23.6. The molecule has 0 aromatic rings. The highest BCUT2D eigenvalue weighted by atomic mass is 32.2. The first-order valence-corrected chi connectivity index (χ1v) is 16.7. The Labute approximate surface area is 213 Å². The van der Waals surface area contributed by atoms with Gasteiger partial charge in [0.25, 0.3) is 10.1 Å². The number of hydrogen-bond donors (Lipinski definition) is 2. The Morgan fingerprint density at radius 3 is 1.00 bits per heavy atom. The maximum Gasteiger partial charge on any atom is 0.264 e. The molecule has 5 heteroatoms. The molecule has 0 aromatic carbocycles. The number of hydrogen-bond acceptors (Lipinski definition) is 3. The van der Waals surface area contributed by atoms with E-state index in [4.69, 9.17) is 4.55 Å². The molecule has 1 atom stereocenters. The van der Waals surface area contributed by atoms with Crippen LogP contribution >= 0.6 is 0 Å². The van der Waals surface area contributed by atoms with Crippen molar-refractivity contribution in [3.63, 3.8) is 0 Å². The fourth-order valence-corrected chi connectivity index (χ4v) is 5.34. The maximum absolute atomic E-state index is 10.7. The van der Waals surface area contributed by atoms with Gasteiger partial charge in [0.15, 0.2) is 0 Å². The van der Waals surface area contributed by atoms with Crippen molar-refractivity contribution in [3.05, 3.63) is 0 Å². The smallest absolute Gasteiger partial charge is 0.264 e. The molecule has 0 aliphatic heterocycles. The Kier molecular flexibility index (Phi) is 25.8. The highest BCUT2D eigenvalue weighted by molar-refractivity contribution is 7.85. The van der Waals surface area contributed by atoms with Crippen molar-refractivity contribution in [1.82, 2.24) is 0 Å². The Bertz CT molecular complexity index is 492. The summed E-state index contributed by atoms with van der Waals surface area (Å²) in [6.45, 7) is 2.29. The fraction of sp³-hybridized carbons (Fsp3) is 1.00. The van der Waals surface area contributed by atoms with Crippen LogP contribution in [0.5, 0.6) is 0 Å². The average Bonchev–Trinajstić information content (AvgIpc) is 2.80. The highest BCUT2D eigenvalue weighted by Gasteiger charge is 2.10. The van der Waals surface area contributed by atoms with Gasteiger partial charge in [0.1, 0.15) is 0 Å². The van der Waals surface area contributed by atoms with Crippen LogP contribution in [0.3, 0.4) is 0 Å². The fourth-order valence-electron chi connectivity index (χ4n) is 4.77. The summed E-state index contributed by atoms with van der Waals surface area (Å²) in [6.07, 6.45) is 33.0. The van der Waals surface area contributed by atoms with Gasteiger partial charge >= 0.3 is 0 Å². The summed E-state index contributed by atoms with van der Waals surface area (Å²) in [6, 6.07) is 0. The van der Waals surface area contributed by atoms with Crippen LogP contribution in [0.15, 0.2) is 0 Å². The molecule has 4 nitrogen and oxygen atoms in total. The summed E-state index contributed by atoms with van der Waals surface area (Å²) in [5.74, 6) is -0.340. The lowest BCUT2D eigenvalue weighted by atomic mass is 10.0. The molecule has 0 radical (unpaired) electrons. The predicted octanol–water partition coefficient (Wildman–Crippen LogP) is 9.40. The standard InChI is InChI=1S/C29H60O4S/c1-2-3-4-5-6-7-8-9-10-11-12-13-14-15-16-17-18-19-20-21-22-23-24-25-26-29(30)27-28-34(31,32)33/h29-30H,2-28H2,1H3,(H,31,32,33). The minimum absolute atomic E-state index is 0.137. The molecule has 0 fully saturated rings. The summed E-state index contributed by atoms with van der Waals surface area (Å²) >= 11 is 0. The van der Waals surface area contributed by atoms with Crippen molar-refractivity contribution in [2.45, 2.75) is 180 Å². The van der Waals surface area contributed by atoms with E-state index in [9.17, 15) is 13.5 Å². The van der Waals surface area contributed by atoms with Gasteiger partial charge in [-0.15, -0.1) is 0 Å². The molecule has 0 rings (SSSR count). The minimum atomic E-state index is -3.95. The third kappa shape index (κ3) is 29.9. The van der Waals surface area contributed by atoms with E-state index < -0.39 is 16.2 Å².